The van der Waals surface area contributed by atoms with E-state index in [1.54, 1.807) is 37.4 Å². The number of anilines is 3. The van der Waals surface area contributed by atoms with Crippen LogP contribution in [0.5, 0.6) is 0 Å². The minimum Gasteiger partial charge on any atom is -0.398 e. The Morgan fingerprint density at radius 1 is 1.14 bits per heavy atom. The third kappa shape index (κ3) is 5.42. The van der Waals surface area contributed by atoms with Crippen LogP contribution in [0.2, 0.25) is 5.15 Å². The summed E-state index contributed by atoms with van der Waals surface area (Å²) in [7, 11) is 0. The van der Waals surface area contributed by atoms with Gasteiger partial charge in [-0.25, -0.2) is 9.97 Å². The van der Waals surface area contributed by atoms with Crippen molar-refractivity contribution in [2.75, 3.05) is 11.1 Å². The summed E-state index contributed by atoms with van der Waals surface area (Å²) in [5, 5.41) is 11.4. The first kappa shape index (κ1) is 26.1. The number of aromatic nitrogens is 2. The number of nitrogens with two attached hydrogens (primary N) is 3. The van der Waals surface area contributed by atoms with Crippen LogP contribution in [0.3, 0.4) is 0 Å². The molecular formula is C26H27ClN8O. The Morgan fingerprint density at radius 2 is 1.86 bits per heavy atom. The number of nitrogen functional groups attached to an aromatic ring is 1. The number of hydrogen-bond acceptors (Lipinski definition) is 8. The molecule has 1 amide bonds. The van der Waals surface area contributed by atoms with Crippen LogP contribution in [0.4, 0.5) is 17.3 Å². The number of amides is 1. The lowest BCUT2D eigenvalue weighted by molar-refractivity contribution is -0.114. The summed E-state index contributed by atoms with van der Waals surface area (Å²) in [6.45, 7) is 9.22. The van der Waals surface area contributed by atoms with Crippen LogP contribution in [0.25, 0.3) is 5.70 Å². The van der Waals surface area contributed by atoms with E-state index in [9.17, 15) is 4.79 Å². The number of nitrogens with zero attached hydrogens (tertiary/aromatic N) is 3. The van der Waals surface area contributed by atoms with Crippen LogP contribution in [0.1, 0.15) is 34.7 Å². The van der Waals surface area contributed by atoms with Gasteiger partial charge in [-0.2, -0.15) is 0 Å². The lowest BCUT2D eigenvalue weighted by Gasteiger charge is -2.17. The molecule has 3 aromatic rings. The molecule has 8 N–H and O–H groups in total. The van der Waals surface area contributed by atoms with Crippen molar-refractivity contribution >= 4 is 52.5 Å². The molecule has 2 heterocycles. The number of pyridine rings is 2. The summed E-state index contributed by atoms with van der Waals surface area (Å²) < 4.78 is 0. The third-order valence-electron chi connectivity index (χ3n) is 5.52. The number of nitrogens with one attached hydrogen (secondary N) is 2. The molecule has 0 aliphatic heterocycles. The summed E-state index contributed by atoms with van der Waals surface area (Å²) in [4.78, 5) is 25.5. The van der Waals surface area contributed by atoms with Gasteiger partial charge in [-0.15, -0.1) is 0 Å². The van der Waals surface area contributed by atoms with Crippen LogP contribution >= 0.6 is 11.6 Å². The monoisotopic (exact) mass is 502 g/mol. The molecule has 0 spiro atoms. The molecule has 0 aliphatic rings. The number of halogens is 1. The van der Waals surface area contributed by atoms with Gasteiger partial charge in [0.1, 0.15) is 16.8 Å². The van der Waals surface area contributed by atoms with E-state index in [0.717, 1.165) is 17.3 Å². The maximum atomic E-state index is 11.9. The van der Waals surface area contributed by atoms with Crippen LogP contribution in [-0.4, -0.2) is 27.8 Å². The van der Waals surface area contributed by atoms with Crippen molar-refractivity contribution in [3.8, 4) is 0 Å². The molecule has 2 aromatic heterocycles. The highest BCUT2D eigenvalue weighted by Crippen LogP contribution is 2.32. The van der Waals surface area contributed by atoms with Gasteiger partial charge >= 0.3 is 0 Å². The van der Waals surface area contributed by atoms with Crippen LogP contribution in [0, 0.1) is 19.3 Å². The first-order valence-electron chi connectivity index (χ1n) is 10.8. The number of hydrogen-bond donors (Lipinski definition) is 5. The number of aliphatic imine (C=N–C) groups is 1. The molecule has 0 saturated heterocycles. The molecule has 9 nitrogen and oxygen atoms in total. The molecule has 0 radical (unpaired) electrons. The second kappa shape index (κ2) is 10.8. The highest BCUT2D eigenvalue weighted by atomic mass is 35.5. The van der Waals surface area contributed by atoms with E-state index in [4.69, 9.17) is 39.2 Å². The molecular weight excluding hydrogens is 476 g/mol. The molecule has 3 rings (SSSR count). The fourth-order valence-electron chi connectivity index (χ4n) is 3.52. The van der Waals surface area contributed by atoms with Crippen molar-refractivity contribution in [3.05, 3.63) is 93.4 Å². The minimum atomic E-state index is -0.794. The Balaban J connectivity index is 2.27. The van der Waals surface area contributed by atoms with Gasteiger partial charge in [0, 0.05) is 40.5 Å². The molecule has 0 fully saturated rings. The number of benzene rings is 1. The van der Waals surface area contributed by atoms with Crippen molar-refractivity contribution in [2.45, 2.75) is 20.8 Å². The Labute approximate surface area is 214 Å². The van der Waals surface area contributed by atoms with Gasteiger partial charge in [0.15, 0.2) is 0 Å². The van der Waals surface area contributed by atoms with E-state index in [1.807, 2.05) is 26.0 Å². The van der Waals surface area contributed by atoms with Crippen molar-refractivity contribution < 1.29 is 4.79 Å². The van der Waals surface area contributed by atoms with Gasteiger partial charge in [-0.3, -0.25) is 9.79 Å². The second-order valence-corrected chi connectivity index (χ2v) is 8.42. The number of rotatable bonds is 8. The maximum absolute atomic E-state index is 11.9. The van der Waals surface area contributed by atoms with Crippen molar-refractivity contribution in [2.24, 2.45) is 16.5 Å². The normalized spacial score (nSPS) is 12.1. The van der Waals surface area contributed by atoms with E-state index in [2.05, 4.69) is 21.9 Å². The lowest BCUT2D eigenvalue weighted by atomic mass is 9.95. The molecule has 1 aromatic carbocycles. The summed E-state index contributed by atoms with van der Waals surface area (Å²) in [6.07, 6.45) is 2.78. The minimum absolute atomic E-state index is 0.0318. The first-order chi connectivity index (χ1) is 17.0. The highest BCUT2D eigenvalue weighted by molar-refractivity contribution is 6.29. The first-order valence-corrected chi connectivity index (χ1v) is 11.2. The molecule has 0 unspecified atom stereocenters. The fraction of sp³-hybridized carbons (Fsp3) is 0.115. The fourth-order valence-corrected chi connectivity index (χ4v) is 3.67. The molecule has 36 heavy (non-hydrogen) atoms. The number of carbonyl (C=O) groups excluding carboxylic acids is 1. The average Bonchev–Trinajstić information content (AvgIpc) is 2.84. The molecule has 184 valence electrons. The van der Waals surface area contributed by atoms with Crippen molar-refractivity contribution in [3.63, 3.8) is 0 Å². The zero-order chi connectivity index (χ0) is 26.6. The van der Waals surface area contributed by atoms with E-state index in [-0.39, 0.29) is 22.1 Å². The van der Waals surface area contributed by atoms with E-state index < -0.39 is 5.91 Å². The van der Waals surface area contributed by atoms with Gasteiger partial charge in [0.25, 0.3) is 0 Å². The Bertz CT molecular complexity index is 1440. The highest BCUT2D eigenvalue weighted by Gasteiger charge is 2.20. The molecule has 0 aliphatic carbocycles. The smallest absolute Gasteiger partial charge is 0.250 e. The number of primary amides is 1. The van der Waals surface area contributed by atoms with Gasteiger partial charge in [-0.1, -0.05) is 30.3 Å². The van der Waals surface area contributed by atoms with Gasteiger partial charge in [-0.05, 0) is 56.2 Å². The van der Waals surface area contributed by atoms with Crippen LogP contribution in [0.15, 0.2) is 65.4 Å². The predicted octanol–water partition coefficient (Wildman–Crippen LogP) is 4.25. The zero-order valence-corrected chi connectivity index (χ0v) is 20.9. The van der Waals surface area contributed by atoms with Gasteiger partial charge in [0.05, 0.1) is 17.0 Å². The van der Waals surface area contributed by atoms with Crippen LogP contribution < -0.4 is 22.5 Å². The Hall–Kier alpha value is -4.50. The molecule has 0 atom stereocenters. The second-order valence-electron chi connectivity index (χ2n) is 8.03. The maximum Gasteiger partial charge on any atom is 0.250 e. The largest absolute Gasteiger partial charge is 0.398 e. The molecule has 10 heteroatoms. The quantitative estimate of drug-likeness (QED) is 0.101. The van der Waals surface area contributed by atoms with Gasteiger partial charge in [0.2, 0.25) is 5.91 Å². The number of aryl methyl sites for hydroxylation is 2. The van der Waals surface area contributed by atoms with E-state index in [0.29, 0.717) is 39.7 Å². The lowest BCUT2D eigenvalue weighted by Crippen LogP contribution is -2.20. The van der Waals surface area contributed by atoms with Crippen molar-refractivity contribution in [1.82, 2.24) is 9.97 Å². The summed E-state index contributed by atoms with van der Waals surface area (Å²) in [6, 6.07) is 10.6. The average molecular weight is 503 g/mol. The van der Waals surface area contributed by atoms with Crippen LogP contribution in [-0.2, 0) is 4.79 Å². The molecule has 0 saturated carbocycles. The molecule has 0 bridgehead atoms. The number of carbonyl (C=O) groups is 1. The Morgan fingerprint density at radius 3 is 2.50 bits per heavy atom. The SMILES string of the molecule is C=C(C(N)=O)/C(N)=C(\N=C(C)c1ccc(Cl)nc1Nc1ncccc1C)c1c(C)ccc(N)c1C=N. The van der Waals surface area contributed by atoms with Gasteiger partial charge < -0.3 is 27.9 Å². The standard InChI is InChI=1S/C26H27ClN8O/c1-13-7-9-19(29)18(12-28)21(13)23(22(30)15(3)24(31)36)33-16(4)17-8-10-20(27)34-26(17)35-25-14(2)6-5-11-32-25/h5-12,28H,3,29-30H2,1-2,4H3,(H2,31,36)(H,32,34,35)/b23-22+,28-12?,33-16?. The van der Waals surface area contributed by atoms with Crippen molar-refractivity contribution in [1.29, 1.82) is 5.41 Å². The summed E-state index contributed by atoms with van der Waals surface area (Å²) in [5.74, 6) is 0.238. The zero-order valence-electron chi connectivity index (χ0n) is 20.2. The topological polar surface area (TPSA) is 169 Å². The summed E-state index contributed by atoms with van der Waals surface area (Å²) >= 11 is 6.19. The Kier molecular flexibility index (Phi) is 7.86. The summed E-state index contributed by atoms with van der Waals surface area (Å²) in [5.41, 5.74) is 22.0. The third-order valence-corrected chi connectivity index (χ3v) is 5.73. The predicted molar refractivity (Wildman–Crippen MR) is 147 cm³/mol. The van der Waals surface area contributed by atoms with E-state index in [1.165, 1.54) is 0 Å². The van der Waals surface area contributed by atoms with E-state index >= 15 is 0 Å².